The molecule has 1 aromatic rings. The average Bonchev–Trinajstić information content (AvgIpc) is 2.29. The van der Waals surface area contributed by atoms with E-state index in [-0.39, 0.29) is 6.10 Å². The Bertz CT molecular complexity index is 316. The molecule has 1 atom stereocenters. The Labute approximate surface area is 110 Å². The number of aliphatic hydroxyl groups is 1. The predicted molar refractivity (Wildman–Crippen MR) is 74.3 cm³/mol. The van der Waals surface area contributed by atoms with Gasteiger partial charge in [0.25, 0.3) is 0 Å². The molecule has 0 aliphatic carbocycles. The van der Waals surface area contributed by atoms with E-state index >= 15 is 0 Å². The summed E-state index contributed by atoms with van der Waals surface area (Å²) in [6, 6.07) is 4.00. The van der Waals surface area contributed by atoms with Crippen molar-refractivity contribution in [2.45, 2.75) is 26.5 Å². The number of rotatable bonds is 8. The second-order valence-corrected chi connectivity index (χ2v) is 5.26. The maximum absolute atomic E-state index is 9.89. The first-order valence-electron chi connectivity index (χ1n) is 6.54. The molecule has 18 heavy (non-hydrogen) atoms. The molecule has 0 aliphatic rings. The minimum atomic E-state index is -0.324. The Kier molecular flexibility index (Phi) is 6.86. The Morgan fingerprint density at radius 1 is 1.28 bits per heavy atom. The lowest BCUT2D eigenvalue weighted by Crippen LogP contribution is -2.37. The molecule has 0 spiro atoms. The number of pyridine rings is 1. The van der Waals surface area contributed by atoms with Crippen molar-refractivity contribution in [1.29, 1.82) is 0 Å². The van der Waals surface area contributed by atoms with Crippen LogP contribution in [0.4, 0.5) is 0 Å². The van der Waals surface area contributed by atoms with Gasteiger partial charge in [0.2, 0.25) is 0 Å². The topological polar surface area (TPSA) is 48.4 Å². The van der Waals surface area contributed by atoms with Crippen molar-refractivity contribution in [3.63, 3.8) is 0 Å². The number of hydrogen-bond donors (Lipinski definition) is 2. The Morgan fingerprint density at radius 3 is 2.56 bits per heavy atom. The third kappa shape index (κ3) is 6.69. The minimum absolute atomic E-state index is 0.324. The van der Waals surface area contributed by atoms with E-state index in [0.29, 0.717) is 19.0 Å². The molecule has 0 saturated heterocycles. The molecular formula is C14H25N3O. The summed E-state index contributed by atoms with van der Waals surface area (Å²) in [6.07, 6.45) is 3.27. The van der Waals surface area contributed by atoms with Crippen LogP contribution in [0.15, 0.2) is 24.5 Å². The summed E-state index contributed by atoms with van der Waals surface area (Å²) < 4.78 is 0. The quantitative estimate of drug-likeness (QED) is 0.727. The van der Waals surface area contributed by atoms with E-state index in [1.807, 2.05) is 19.2 Å². The smallest absolute Gasteiger partial charge is 0.0791 e. The molecule has 2 N–H and O–H groups in total. The number of nitrogens with zero attached hydrogens (tertiary/aromatic N) is 2. The van der Waals surface area contributed by atoms with Crippen LogP contribution in [0.3, 0.4) is 0 Å². The lowest BCUT2D eigenvalue weighted by molar-refractivity contribution is 0.120. The summed E-state index contributed by atoms with van der Waals surface area (Å²) in [5.74, 6) is 0.617. The molecule has 1 rings (SSSR count). The second kappa shape index (κ2) is 8.19. The highest BCUT2D eigenvalue weighted by molar-refractivity contribution is 5.09. The van der Waals surface area contributed by atoms with E-state index in [9.17, 15) is 5.11 Å². The van der Waals surface area contributed by atoms with Crippen LogP contribution in [0.2, 0.25) is 0 Å². The highest BCUT2D eigenvalue weighted by Gasteiger charge is 2.08. The summed E-state index contributed by atoms with van der Waals surface area (Å²) in [7, 11) is 2.02. The zero-order valence-corrected chi connectivity index (χ0v) is 11.6. The van der Waals surface area contributed by atoms with Crippen molar-refractivity contribution in [2.75, 3.05) is 26.7 Å². The SMILES string of the molecule is CC(C)CNCC(O)CN(C)Cc1ccncc1. The van der Waals surface area contributed by atoms with Gasteiger partial charge < -0.3 is 10.4 Å². The van der Waals surface area contributed by atoms with Crippen LogP contribution < -0.4 is 5.32 Å². The Morgan fingerprint density at radius 2 is 1.94 bits per heavy atom. The lowest BCUT2D eigenvalue weighted by Gasteiger charge is -2.21. The van der Waals surface area contributed by atoms with Gasteiger partial charge in [0.15, 0.2) is 0 Å². The fourth-order valence-electron chi connectivity index (χ4n) is 1.83. The number of aromatic nitrogens is 1. The molecule has 0 bridgehead atoms. The molecule has 1 unspecified atom stereocenters. The van der Waals surface area contributed by atoms with Crippen molar-refractivity contribution < 1.29 is 5.11 Å². The molecular weight excluding hydrogens is 226 g/mol. The third-order valence-corrected chi connectivity index (χ3v) is 2.66. The summed E-state index contributed by atoms with van der Waals surface area (Å²) in [4.78, 5) is 6.11. The third-order valence-electron chi connectivity index (χ3n) is 2.66. The first kappa shape index (κ1) is 15.1. The van der Waals surface area contributed by atoms with E-state index in [1.165, 1.54) is 5.56 Å². The van der Waals surface area contributed by atoms with Crippen molar-refractivity contribution in [2.24, 2.45) is 5.92 Å². The molecule has 0 aliphatic heterocycles. The molecule has 4 nitrogen and oxygen atoms in total. The molecule has 1 aromatic heterocycles. The maximum atomic E-state index is 9.89. The van der Waals surface area contributed by atoms with Crippen molar-refractivity contribution in [3.05, 3.63) is 30.1 Å². The van der Waals surface area contributed by atoms with Crippen LogP contribution in [0.5, 0.6) is 0 Å². The highest BCUT2D eigenvalue weighted by Crippen LogP contribution is 2.01. The van der Waals surface area contributed by atoms with Gasteiger partial charge in [-0.3, -0.25) is 9.88 Å². The highest BCUT2D eigenvalue weighted by atomic mass is 16.3. The van der Waals surface area contributed by atoms with Crippen molar-refractivity contribution >= 4 is 0 Å². The van der Waals surface area contributed by atoms with Gasteiger partial charge in [0.05, 0.1) is 6.10 Å². The zero-order chi connectivity index (χ0) is 13.4. The van der Waals surface area contributed by atoms with Gasteiger partial charge in [-0.05, 0) is 37.2 Å². The fourth-order valence-corrected chi connectivity index (χ4v) is 1.83. The van der Waals surface area contributed by atoms with E-state index in [2.05, 4.69) is 29.0 Å². The molecule has 0 saturated carbocycles. The molecule has 0 aromatic carbocycles. The van der Waals surface area contributed by atoms with Crippen molar-refractivity contribution in [3.8, 4) is 0 Å². The van der Waals surface area contributed by atoms with Crippen LogP contribution in [0.25, 0.3) is 0 Å². The van der Waals surface area contributed by atoms with Crippen LogP contribution in [0.1, 0.15) is 19.4 Å². The average molecular weight is 251 g/mol. The standard InChI is InChI=1S/C14H25N3O/c1-12(2)8-16-9-14(18)11-17(3)10-13-4-6-15-7-5-13/h4-7,12,14,16,18H,8-11H2,1-3H3. The Hall–Kier alpha value is -0.970. The number of nitrogens with one attached hydrogen (secondary N) is 1. The lowest BCUT2D eigenvalue weighted by atomic mass is 10.2. The Balaban J connectivity index is 2.21. The predicted octanol–water partition coefficient (Wildman–Crippen LogP) is 1.12. The summed E-state index contributed by atoms with van der Waals surface area (Å²) in [5, 5.41) is 13.2. The molecule has 1 heterocycles. The van der Waals surface area contributed by atoms with Gasteiger partial charge >= 0.3 is 0 Å². The fraction of sp³-hybridized carbons (Fsp3) is 0.643. The zero-order valence-electron chi connectivity index (χ0n) is 11.6. The molecule has 0 fully saturated rings. The van der Waals surface area contributed by atoms with Crippen LogP contribution in [-0.4, -0.2) is 47.8 Å². The number of likely N-dealkylation sites (N-methyl/N-ethyl adjacent to an activating group) is 1. The largest absolute Gasteiger partial charge is 0.390 e. The summed E-state index contributed by atoms with van der Waals surface area (Å²) >= 11 is 0. The monoisotopic (exact) mass is 251 g/mol. The van der Waals surface area contributed by atoms with Crippen LogP contribution in [-0.2, 0) is 6.54 Å². The maximum Gasteiger partial charge on any atom is 0.0791 e. The van der Waals surface area contributed by atoms with E-state index < -0.39 is 0 Å². The van der Waals surface area contributed by atoms with Gasteiger partial charge in [0, 0.05) is 32.0 Å². The molecule has 0 radical (unpaired) electrons. The molecule has 102 valence electrons. The summed E-state index contributed by atoms with van der Waals surface area (Å²) in [6.45, 7) is 7.44. The second-order valence-electron chi connectivity index (χ2n) is 5.26. The number of aliphatic hydroxyl groups excluding tert-OH is 1. The minimum Gasteiger partial charge on any atom is -0.390 e. The van der Waals surface area contributed by atoms with Gasteiger partial charge in [0.1, 0.15) is 0 Å². The molecule has 4 heteroatoms. The number of hydrogen-bond acceptors (Lipinski definition) is 4. The van der Waals surface area contributed by atoms with Crippen LogP contribution >= 0.6 is 0 Å². The first-order valence-corrected chi connectivity index (χ1v) is 6.54. The van der Waals surface area contributed by atoms with Gasteiger partial charge in [-0.15, -0.1) is 0 Å². The van der Waals surface area contributed by atoms with E-state index in [1.54, 1.807) is 12.4 Å². The van der Waals surface area contributed by atoms with Gasteiger partial charge in [-0.25, -0.2) is 0 Å². The first-order chi connectivity index (χ1) is 8.58. The molecule has 0 amide bonds. The van der Waals surface area contributed by atoms with Crippen molar-refractivity contribution in [1.82, 2.24) is 15.2 Å². The van der Waals surface area contributed by atoms with Gasteiger partial charge in [-0.1, -0.05) is 13.8 Å². The van der Waals surface area contributed by atoms with E-state index in [0.717, 1.165) is 13.1 Å². The van der Waals surface area contributed by atoms with E-state index in [4.69, 9.17) is 0 Å². The normalized spacial score (nSPS) is 13.2. The van der Waals surface area contributed by atoms with Gasteiger partial charge in [-0.2, -0.15) is 0 Å². The summed E-state index contributed by atoms with van der Waals surface area (Å²) in [5.41, 5.74) is 1.22. The van der Waals surface area contributed by atoms with Crippen LogP contribution in [0, 0.1) is 5.92 Å².